The molecule has 0 heterocycles. The molecule has 0 saturated heterocycles. The van der Waals surface area contributed by atoms with E-state index < -0.39 is 21.9 Å². The van der Waals surface area contributed by atoms with Gasteiger partial charge in [-0.25, -0.2) is 13.2 Å². The summed E-state index contributed by atoms with van der Waals surface area (Å²) in [4.78, 5) is 23.6. The first-order valence-corrected chi connectivity index (χ1v) is 11.1. The van der Waals surface area contributed by atoms with Crippen molar-refractivity contribution in [3.05, 3.63) is 83.9 Å². The molecule has 0 radical (unpaired) electrons. The van der Waals surface area contributed by atoms with E-state index in [0.29, 0.717) is 22.7 Å². The number of anilines is 2. The Labute approximate surface area is 186 Å². The minimum atomic E-state index is -3.74. The molecule has 2 N–H and O–H groups in total. The van der Waals surface area contributed by atoms with Crippen molar-refractivity contribution in [2.24, 2.45) is 0 Å². The number of amides is 1. The second kappa shape index (κ2) is 9.97. The van der Waals surface area contributed by atoms with E-state index in [1.165, 1.54) is 43.5 Å². The minimum absolute atomic E-state index is 0.0700. The van der Waals surface area contributed by atoms with Crippen LogP contribution in [0.4, 0.5) is 11.4 Å². The predicted molar refractivity (Wildman–Crippen MR) is 120 cm³/mol. The van der Waals surface area contributed by atoms with Crippen LogP contribution in [0.15, 0.2) is 77.7 Å². The van der Waals surface area contributed by atoms with Gasteiger partial charge in [0.2, 0.25) is 0 Å². The summed E-state index contributed by atoms with van der Waals surface area (Å²) < 4.78 is 37.6. The molecule has 9 heteroatoms. The Morgan fingerprint density at radius 1 is 0.844 bits per heavy atom. The fourth-order valence-electron chi connectivity index (χ4n) is 2.70. The number of esters is 1. The maximum Gasteiger partial charge on any atom is 0.337 e. The number of methoxy groups -OCH3 is 1. The topological polar surface area (TPSA) is 111 Å². The molecule has 0 atom stereocenters. The molecule has 3 rings (SSSR count). The van der Waals surface area contributed by atoms with Crippen molar-refractivity contribution in [1.29, 1.82) is 0 Å². The zero-order valence-corrected chi connectivity index (χ0v) is 18.3. The number of ether oxygens (including phenoxy) is 2. The van der Waals surface area contributed by atoms with Crippen molar-refractivity contribution < 1.29 is 27.5 Å². The van der Waals surface area contributed by atoms with Crippen LogP contribution in [0.1, 0.15) is 15.9 Å². The van der Waals surface area contributed by atoms with Gasteiger partial charge < -0.3 is 14.8 Å². The average Bonchev–Trinajstić information content (AvgIpc) is 2.79. The minimum Gasteiger partial charge on any atom is -0.484 e. The van der Waals surface area contributed by atoms with Gasteiger partial charge in [-0.1, -0.05) is 17.7 Å². The molecule has 166 valence electrons. The van der Waals surface area contributed by atoms with E-state index in [-0.39, 0.29) is 11.5 Å². The van der Waals surface area contributed by atoms with Crippen molar-refractivity contribution in [2.75, 3.05) is 23.8 Å². The van der Waals surface area contributed by atoms with Gasteiger partial charge in [0.05, 0.1) is 17.6 Å². The number of carbonyl (C=O) groups is 2. The molecule has 3 aromatic rings. The van der Waals surface area contributed by atoms with Gasteiger partial charge >= 0.3 is 5.97 Å². The average molecular weight is 455 g/mol. The van der Waals surface area contributed by atoms with Gasteiger partial charge in [0.15, 0.2) is 6.61 Å². The van der Waals surface area contributed by atoms with E-state index >= 15 is 0 Å². The first kappa shape index (κ1) is 22.8. The highest BCUT2D eigenvalue weighted by atomic mass is 32.2. The SMILES string of the molecule is COC(=O)c1ccc(NC(=O)COc2ccc(S(=O)(=O)Nc3ccc(C)cc3)cc2)cc1. The van der Waals surface area contributed by atoms with E-state index in [0.717, 1.165) is 5.56 Å². The zero-order valence-electron chi connectivity index (χ0n) is 17.5. The molecule has 0 spiro atoms. The van der Waals surface area contributed by atoms with Gasteiger partial charge in [-0.3, -0.25) is 9.52 Å². The highest BCUT2D eigenvalue weighted by Crippen LogP contribution is 2.20. The molecule has 0 aromatic heterocycles. The molecule has 0 bridgehead atoms. The highest BCUT2D eigenvalue weighted by Gasteiger charge is 2.14. The summed E-state index contributed by atoms with van der Waals surface area (Å²) in [6, 6.07) is 19.0. The van der Waals surface area contributed by atoms with Crippen molar-refractivity contribution in [2.45, 2.75) is 11.8 Å². The first-order valence-electron chi connectivity index (χ1n) is 9.57. The molecular weight excluding hydrogens is 432 g/mol. The molecule has 0 aliphatic carbocycles. The molecule has 8 nitrogen and oxygen atoms in total. The number of rotatable bonds is 8. The molecule has 0 saturated carbocycles. The van der Waals surface area contributed by atoms with Gasteiger partial charge in [0.1, 0.15) is 5.75 Å². The van der Waals surface area contributed by atoms with Crippen LogP contribution in [-0.2, 0) is 19.6 Å². The summed E-state index contributed by atoms with van der Waals surface area (Å²) in [6.07, 6.45) is 0. The standard InChI is InChI=1S/C23H22N2O6S/c1-16-3-7-19(8-4-16)25-32(28,29)21-13-11-20(12-14-21)31-15-22(26)24-18-9-5-17(6-10-18)23(27)30-2/h3-14,25H,15H2,1-2H3,(H,24,26). The van der Waals surface area contributed by atoms with Crippen LogP contribution >= 0.6 is 0 Å². The van der Waals surface area contributed by atoms with E-state index in [1.54, 1.807) is 24.3 Å². The van der Waals surface area contributed by atoms with Gasteiger partial charge in [-0.05, 0) is 67.6 Å². The Morgan fingerprint density at radius 2 is 1.44 bits per heavy atom. The summed E-state index contributed by atoms with van der Waals surface area (Å²) in [7, 11) is -2.45. The number of sulfonamides is 1. The first-order chi connectivity index (χ1) is 15.3. The number of benzene rings is 3. The van der Waals surface area contributed by atoms with Crippen molar-refractivity contribution in [1.82, 2.24) is 0 Å². The van der Waals surface area contributed by atoms with Crippen molar-refractivity contribution in [3.8, 4) is 5.75 Å². The number of aryl methyl sites for hydroxylation is 1. The van der Waals surface area contributed by atoms with Gasteiger partial charge in [0, 0.05) is 11.4 Å². The summed E-state index contributed by atoms with van der Waals surface area (Å²) >= 11 is 0. The maximum absolute atomic E-state index is 12.5. The normalized spacial score (nSPS) is 10.8. The van der Waals surface area contributed by atoms with E-state index in [4.69, 9.17) is 4.74 Å². The Hall–Kier alpha value is -3.85. The molecule has 0 aliphatic heterocycles. The lowest BCUT2D eigenvalue weighted by atomic mass is 10.2. The lowest BCUT2D eigenvalue weighted by Crippen LogP contribution is -2.20. The van der Waals surface area contributed by atoms with Crippen LogP contribution in [0.3, 0.4) is 0 Å². The van der Waals surface area contributed by atoms with Crippen LogP contribution in [-0.4, -0.2) is 34.0 Å². The van der Waals surface area contributed by atoms with E-state index in [1.807, 2.05) is 19.1 Å². The third-order valence-corrected chi connectivity index (χ3v) is 5.79. The molecule has 0 fully saturated rings. The number of hydrogen-bond acceptors (Lipinski definition) is 6. The fourth-order valence-corrected chi connectivity index (χ4v) is 3.76. The Morgan fingerprint density at radius 3 is 2.03 bits per heavy atom. The zero-order chi connectivity index (χ0) is 23.1. The smallest absolute Gasteiger partial charge is 0.337 e. The monoisotopic (exact) mass is 454 g/mol. The van der Waals surface area contributed by atoms with Crippen molar-refractivity contribution in [3.63, 3.8) is 0 Å². The Bertz CT molecular complexity index is 1190. The third kappa shape index (κ3) is 6.08. The molecule has 1 amide bonds. The molecule has 0 unspecified atom stereocenters. The maximum atomic E-state index is 12.5. The summed E-state index contributed by atoms with van der Waals surface area (Å²) in [5, 5.41) is 2.64. The van der Waals surface area contributed by atoms with Gasteiger partial charge in [0.25, 0.3) is 15.9 Å². The van der Waals surface area contributed by atoms with Crippen molar-refractivity contribution >= 4 is 33.3 Å². The largest absolute Gasteiger partial charge is 0.484 e. The van der Waals surface area contributed by atoms with Crippen LogP contribution < -0.4 is 14.8 Å². The summed E-state index contributed by atoms with van der Waals surface area (Å²) in [6.45, 7) is 1.64. The molecule has 3 aromatic carbocycles. The highest BCUT2D eigenvalue weighted by molar-refractivity contribution is 7.92. The second-order valence-electron chi connectivity index (χ2n) is 6.85. The van der Waals surface area contributed by atoms with Gasteiger partial charge in [-0.2, -0.15) is 0 Å². The Kier molecular flexibility index (Phi) is 7.11. The second-order valence-corrected chi connectivity index (χ2v) is 8.53. The van der Waals surface area contributed by atoms with Crippen LogP contribution in [0.5, 0.6) is 5.75 Å². The fraction of sp³-hybridized carbons (Fsp3) is 0.130. The quantitative estimate of drug-likeness (QED) is 0.503. The van der Waals surface area contributed by atoms with Gasteiger partial charge in [-0.15, -0.1) is 0 Å². The predicted octanol–water partition coefficient (Wildman–Crippen LogP) is 3.60. The lowest BCUT2D eigenvalue weighted by molar-refractivity contribution is -0.118. The molecule has 32 heavy (non-hydrogen) atoms. The molecule has 0 aliphatic rings. The van der Waals surface area contributed by atoms with E-state index in [9.17, 15) is 18.0 Å². The van der Waals surface area contributed by atoms with Crippen LogP contribution in [0.25, 0.3) is 0 Å². The lowest BCUT2D eigenvalue weighted by Gasteiger charge is -2.10. The van der Waals surface area contributed by atoms with E-state index in [2.05, 4.69) is 14.8 Å². The number of nitrogens with one attached hydrogen (secondary N) is 2. The summed E-state index contributed by atoms with van der Waals surface area (Å²) in [5.41, 5.74) is 2.35. The number of hydrogen-bond donors (Lipinski definition) is 2. The van der Waals surface area contributed by atoms with Crippen LogP contribution in [0, 0.1) is 6.92 Å². The van der Waals surface area contributed by atoms with Crippen LogP contribution in [0.2, 0.25) is 0 Å². The Balaban J connectivity index is 1.54. The third-order valence-electron chi connectivity index (χ3n) is 4.40. The number of carbonyl (C=O) groups excluding carboxylic acids is 2. The molecular formula is C23H22N2O6S. The summed E-state index contributed by atoms with van der Waals surface area (Å²) in [5.74, 6) is -0.533.